The molecule has 0 aromatic carbocycles. The number of aromatic amines is 1. The van der Waals surface area contributed by atoms with Gasteiger partial charge < -0.3 is 14.5 Å². The molecule has 22 heavy (non-hydrogen) atoms. The molecule has 7 nitrogen and oxygen atoms in total. The van der Waals surface area contributed by atoms with Gasteiger partial charge in [0.15, 0.2) is 0 Å². The summed E-state index contributed by atoms with van der Waals surface area (Å²) in [5.41, 5.74) is 1.80. The molecule has 7 heteroatoms. The topological polar surface area (TPSA) is 86.2 Å². The average Bonchev–Trinajstić information content (AvgIpc) is 3.07. The van der Waals surface area contributed by atoms with Crippen LogP contribution in [0, 0.1) is 13.8 Å². The van der Waals surface area contributed by atoms with Gasteiger partial charge in [-0.3, -0.25) is 4.68 Å². The van der Waals surface area contributed by atoms with E-state index in [4.69, 9.17) is 9.47 Å². The Kier molecular flexibility index (Phi) is 4.98. The molecule has 0 aliphatic heterocycles. The van der Waals surface area contributed by atoms with Gasteiger partial charge in [-0.2, -0.15) is 5.10 Å². The van der Waals surface area contributed by atoms with Crippen molar-refractivity contribution in [2.45, 2.75) is 27.3 Å². The Morgan fingerprint density at radius 2 is 2.05 bits per heavy atom. The molecular formula is C15H19N3O4. The first-order valence-corrected chi connectivity index (χ1v) is 7.05. The zero-order valence-electron chi connectivity index (χ0n) is 12.9. The second-order valence-electron chi connectivity index (χ2n) is 4.75. The molecule has 0 spiro atoms. The zero-order valence-corrected chi connectivity index (χ0v) is 12.9. The number of nitrogens with one attached hydrogen (secondary N) is 1. The highest BCUT2D eigenvalue weighted by Crippen LogP contribution is 2.19. The van der Waals surface area contributed by atoms with Crippen LogP contribution >= 0.6 is 0 Å². The van der Waals surface area contributed by atoms with Crippen LogP contribution in [-0.2, 0) is 16.0 Å². The predicted molar refractivity (Wildman–Crippen MR) is 78.7 cm³/mol. The maximum atomic E-state index is 12.1. The van der Waals surface area contributed by atoms with Crippen molar-refractivity contribution in [2.75, 3.05) is 13.2 Å². The number of carbonyl (C=O) groups is 2. The van der Waals surface area contributed by atoms with Crippen LogP contribution in [0.2, 0.25) is 0 Å². The normalized spacial score (nSPS) is 10.5. The lowest BCUT2D eigenvalue weighted by molar-refractivity contribution is 0.0480. The van der Waals surface area contributed by atoms with Gasteiger partial charge in [-0.15, -0.1) is 0 Å². The standard InChI is InChI=1S/C15H19N3O4/c1-4-21-14(19)12-10(2)13(17-11(12)3)15(20)22-9-8-18-7-5-6-16-18/h5-7,17H,4,8-9H2,1-3H3. The SMILES string of the molecule is CCOC(=O)c1c(C)[nH]c(C(=O)OCCn2cccn2)c1C. The van der Waals surface area contributed by atoms with Gasteiger partial charge in [0, 0.05) is 18.1 Å². The lowest BCUT2D eigenvalue weighted by Gasteiger charge is -2.05. The average molecular weight is 305 g/mol. The Morgan fingerprint density at radius 1 is 1.27 bits per heavy atom. The molecule has 118 valence electrons. The minimum absolute atomic E-state index is 0.201. The molecule has 0 radical (unpaired) electrons. The van der Waals surface area contributed by atoms with Crippen molar-refractivity contribution in [3.63, 3.8) is 0 Å². The summed E-state index contributed by atoms with van der Waals surface area (Å²) in [5.74, 6) is -0.937. The van der Waals surface area contributed by atoms with Crippen LogP contribution in [0.15, 0.2) is 18.5 Å². The Labute approximate surface area is 128 Å². The Morgan fingerprint density at radius 3 is 2.68 bits per heavy atom. The fourth-order valence-electron chi connectivity index (χ4n) is 2.20. The van der Waals surface area contributed by atoms with Crippen molar-refractivity contribution in [1.29, 1.82) is 0 Å². The Bertz CT molecular complexity index is 659. The van der Waals surface area contributed by atoms with Crippen LogP contribution in [0.5, 0.6) is 0 Å². The number of hydrogen-bond acceptors (Lipinski definition) is 5. The van der Waals surface area contributed by atoms with Gasteiger partial charge in [-0.25, -0.2) is 9.59 Å². The second-order valence-corrected chi connectivity index (χ2v) is 4.75. The lowest BCUT2D eigenvalue weighted by Crippen LogP contribution is -2.13. The second kappa shape index (κ2) is 6.93. The summed E-state index contributed by atoms with van der Waals surface area (Å²) < 4.78 is 11.9. The third kappa shape index (κ3) is 3.36. The van der Waals surface area contributed by atoms with E-state index in [1.165, 1.54) is 0 Å². The van der Waals surface area contributed by atoms with Crippen LogP contribution in [0.1, 0.15) is 39.0 Å². The number of carbonyl (C=O) groups excluding carboxylic acids is 2. The quantitative estimate of drug-likeness (QED) is 0.823. The molecule has 0 unspecified atom stereocenters. The van der Waals surface area contributed by atoms with Crippen molar-refractivity contribution in [2.24, 2.45) is 0 Å². The number of esters is 2. The van der Waals surface area contributed by atoms with E-state index >= 15 is 0 Å². The van der Waals surface area contributed by atoms with Crippen molar-refractivity contribution in [1.82, 2.24) is 14.8 Å². The fourth-order valence-corrected chi connectivity index (χ4v) is 2.20. The van der Waals surface area contributed by atoms with Crippen molar-refractivity contribution >= 4 is 11.9 Å². The molecular weight excluding hydrogens is 286 g/mol. The monoisotopic (exact) mass is 305 g/mol. The molecule has 2 aromatic rings. The van der Waals surface area contributed by atoms with E-state index in [-0.39, 0.29) is 18.9 Å². The summed E-state index contributed by atoms with van der Waals surface area (Å²) in [6, 6.07) is 1.80. The maximum Gasteiger partial charge on any atom is 0.355 e. The lowest BCUT2D eigenvalue weighted by atomic mass is 10.1. The van der Waals surface area contributed by atoms with Crippen molar-refractivity contribution < 1.29 is 19.1 Å². The number of aromatic nitrogens is 3. The molecule has 2 aromatic heterocycles. The predicted octanol–water partition coefficient (Wildman–Crippen LogP) is 1.86. The smallest absolute Gasteiger partial charge is 0.355 e. The largest absolute Gasteiger partial charge is 0.462 e. The number of hydrogen-bond donors (Lipinski definition) is 1. The number of aryl methyl sites for hydroxylation is 1. The van der Waals surface area contributed by atoms with Crippen molar-refractivity contribution in [3.05, 3.63) is 41.0 Å². The molecule has 0 saturated heterocycles. The van der Waals surface area contributed by atoms with E-state index in [9.17, 15) is 9.59 Å². The van der Waals surface area contributed by atoms with Gasteiger partial charge >= 0.3 is 11.9 Å². The van der Waals surface area contributed by atoms with E-state index in [0.717, 1.165) is 0 Å². The van der Waals surface area contributed by atoms with Gasteiger partial charge in [0.1, 0.15) is 12.3 Å². The van der Waals surface area contributed by atoms with E-state index in [1.807, 2.05) is 0 Å². The highest BCUT2D eigenvalue weighted by atomic mass is 16.5. The van der Waals surface area contributed by atoms with Crippen LogP contribution in [0.4, 0.5) is 0 Å². The molecule has 0 fully saturated rings. The number of rotatable bonds is 6. The van der Waals surface area contributed by atoms with Gasteiger partial charge in [0.05, 0.1) is 18.7 Å². The molecule has 0 amide bonds. The fraction of sp³-hybridized carbons (Fsp3) is 0.400. The number of nitrogens with zero attached hydrogens (tertiary/aromatic N) is 2. The minimum Gasteiger partial charge on any atom is -0.462 e. The molecule has 0 bridgehead atoms. The van der Waals surface area contributed by atoms with Crippen LogP contribution in [0.3, 0.4) is 0 Å². The summed E-state index contributed by atoms with van der Waals surface area (Å²) in [6.07, 6.45) is 3.45. The molecule has 2 rings (SSSR count). The number of ether oxygens (including phenoxy) is 2. The highest BCUT2D eigenvalue weighted by Gasteiger charge is 2.23. The van der Waals surface area contributed by atoms with Crippen LogP contribution in [-0.4, -0.2) is 39.9 Å². The van der Waals surface area contributed by atoms with E-state index in [2.05, 4.69) is 10.1 Å². The van der Waals surface area contributed by atoms with Crippen molar-refractivity contribution in [3.8, 4) is 0 Å². The first-order chi connectivity index (χ1) is 10.5. The van der Waals surface area contributed by atoms with Crippen LogP contribution in [0.25, 0.3) is 0 Å². The molecule has 0 aliphatic rings. The van der Waals surface area contributed by atoms with E-state index in [1.54, 1.807) is 43.9 Å². The first-order valence-electron chi connectivity index (χ1n) is 7.05. The zero-order chi connectivity index (χ0) is 16.1. The summed E-state index contributed by atoms with van der Waals surface area (Å²) >= 11 is 0. The first kappa shape index (κ1) is 15.8. The van der Waals surface area contributed by atoms with E-state index < -0.39 is 11.9 Å². The molecule has 0 aliphatic carbocycles. The van der Waals surface area contributed by atoms with Crippen LogP contribution < -0.4 is 0 Å². The summed E-state index contributed by atoms with van der Waals surface area (Å²) in [4.78, 5) is 26.9. The third-order valence-electron chi connectivity index (χ3n) is 3.23. The molecule has 2 heterocycles. The summed E-state index contributed by atoms with van der Waals surface area (Å²) in [6.45, 7) is 6.11. The molecule has 0 atom stereocenters. The highest BCUT2D eigenvalue weighted by molar-refractivity contribution is 5.98. The Hall–Kier alpha value is -2.57. The molecule has 0 saturated carbocycles. The van der Waals surface area contributed by atoms with E-state index in [0.29, 0.717) is 23.4 Å². The number of H-pyrrole nitrogens is 1. The maximum absolute atomic E-state index is 12.1. The van der Waals surface area contributed by atoms with Gasteiger partial charge in [-0.1, -0.05) is 0 Å². The minimum atomic E-state index is -0.497. The van der Waals surface area contributed by atoms with Gasteiger partial charge in [-0.05, 0) is 32.4 Å². The van der Waals surface area contributed by atoms with Gasteiger partial charge in [0.2, 0.25) is 0 Å². The Balaban J connectivity index is 2.03. The summed E-state index contributed by atoms with van der Waals surface area (Å²) in [5, 5.41) is 4.02. The third-order valence-corrected chi connectivity index (χ3v) is 3.23. The van der Waals surface area contributed by atoms with Gasteiger partial charge in [0.25, 0.3) is 0 Å². The summed E-state index contributed by atoms with van der Waals surface area (Å²) in [7, 11) is 0. The molecule has 1 N–H and O–H groups in total.